The van der Waals surface area contributed by atoms with Gasteiger partial charge in [0, 0.05) is 23.7 Å². The highest BCUT2D eigenvalue weighted by atomic mass is 32.2. The van der Waals surface area contributed by atoms with Crippen LogP contribution in [0.2, 0.25) is 0 Å². The lowest BCUT2D eigenvalue weighted by Crippen LogP contribution is -2.56. The van der Waals surface area contributed by atoms with Crippen molar-refractivity contribution in [3.8, 4) is 0 Å². The number of hydrogen-bond donors (Lipinski definition) is 2. The summed E-state index contributed by atoms with van der Waals surface area (Å²) in [7, 11) is 2.17. The summed E-state index contributed by atoms with van der Waals surface area (Å²) in [5.74, 6) is 4.34. The Morgan fingerprint density at radius 2 is 1.70 bits per heavy atom. The van der Waals surface area contributed by atoms with Gasteiger partial charge in [0.1, 0.15) is 0 Å². The van der Waals surface area contributed by atoms with E-state index in [1.807, 2.05) is 0 Å². The third-order valence-corrected chi connectivity index (χ3v) is 7.59. The number of aliphatic hydroxyl groups excluding tert-OH is 1. The second kappa shape index (κ2) is 6.18. The lowest BCUT2D eigenvalue weighted by Gasteiger charge is -2.59. The van der Waals surface area contributed by atoms with E-state index < -0.39 is 0 Å². The van der Waals surface area contributed by atoms with Crippen LogP contribution in [0.15, 0.2) is 0 Å². The SMILES string of the molecule is CNC(CSC(C)CCO)C12CC3CC(CC(C3)C1)C2. The fraction of sp³-hybridized carbons (Fsp3) is 1.00. The van der Waals surface area contributed by atoms with Gasteiger partial charge in [0.2, 0.25) is 0 Å². The minimum Gasteiger partial charge on any atom is -0.396 e. The van der Waals surface area contributed by atoms with E-state index in [0.717, 1.165) is 24.2 Å². The van der Waals surface area contributed by atoms with Crippen LogP contribution < -0.4 is 5.32 Å². The summed E-state index contributed by atoms with van der Waals surface area (Å²) in [4.78, 5) is 0. The van der Waals surface area contributed by atoms with Crippen LogP contribution in [-0.2, 0) is 0 Å². The molecule has 116 valence electrons. The first kappa shape index (κ1) is 15.2. The van der Waals surface area contributed by atoms with Crippen molar-refractivity contribution < 1.29 is 5.11 Å². The van der Waals surface area contributed by atoms with Gasteiger partial charge in [-0.05, 0) is 75.2 Å². The predicted molar refractivity (Wildman–Crippen MR) is 87.1 cm³/mol. The van der Waals surface area contributed by atoms with Crippen molar-refractivity contribution in [2.24, 2.45) is 23.2 Å². The van der Waals surface area contributed by atoms with Crippen LogP contribution in [0.4, 0.5) is 0 Å². The molecular formula is C17H31NOS. The molecular weight excluding hydrogens is 266 g/mol. The molecule has 4 saturated carbocycles. The van der Waals surface area contributed by atoms with E-state index in [0.29, 0.717) is 23.3 Å². The summed E-state index contributed by atoms with van der Waals surface area (Å²) >= 11 is 2.06. The number of hydrogen-bond acceptors (Lipinski definition) is 3. The minimum atomic E-state index is 0.329. The van der Waals surface area contributed by atoms with Gasteiger partial charge in [-0.25, -0.2) is 0 Å². The third-order valence-electron chi connectivity index (χ3n) is 6.26. The Labute approximate surface area is 128 Å². The quantitative estimate of drug-likeness (QED) is 0.756. The first-order valence-corrected chi connectivity index (χ1v) is 9.60. The van der Waals surface area contributed by atoms with Crippen LogP contribution in [0, 0.1) is 23.2 Å². The zero-order valence-electron chi connectivity index (χ0n) is 13.1. The average molecular weight is 298 g/mol. The molecule has 0 aromatic heterocycles. The van der Waals surface area contributed by atoms with Crippen molar-refractivity contribution in [3.05, 3.63) is 0 Å². The van der Waals surface area contributed by atoms with Crippen LogP contribution >= 0.6 is 11.8 Å². The van der Waals surface area contributed by atoms with Crippen molar-refractivity contribution in [2.75, 3.05) is 19.4 Å². The largest absolute Gasteiger partial charge is 0.396 e. The molecule has 0 aromatic carbocycles. The second-order valence-electron chi connectivity index (χ2n) is 7.78. The molecule has 2 unspecified atom stereocenters. The van der Waals surface area contributed by atoms with Crippen LogP contribution in [0.5, 0.6) is 0 Å². The van der Waals surface area contributed by atoms with Crippen LogP contribution in [0.1, 0.15) is 51.9 Å². The normalized spacial score (nSPS) is 41.9. The van der Waals surface area contributed by atoms with E-state index in [4.69, 9.17) is 5.11 Å². The highest BCUT2D eigenvalue weighted by molar-refractivity contribution is 7.99. The number of rotatable bonds is 7. The lowest BCUT2D eigenvalue weighted by molar-refractivity contribution is -0.0682. The molecule has 20 heavy (non-hydrogen) atoms. The maximum absolute atomic E-state index is 9.06. The smallest absolute Gasteiger partial charge is 0.0441 e. The fourth-order valence-corrected chi connectivity index (χ4v) is 7.01. The molecule has 0 heterocycles. The van der Waals surface area contributed by atoms with Gasteiger partial charge in [0.15, 0.2) is 0 Å². The van der Waals surface area contributed by atoms with Crippen LogP contribution in [-0.4, -0.2) is 35.8 Å². The Hall–Kier alpha value is 0.270. The Morgan fingerprint density at radius 1 is 1.15 bits per heavy atom. The van der Waals surface area contributed by atoms with Crippen molar-refractivity contribution in [2.45, 2.75) is 63.2 Å². The molecule has 4 fully saturated rings. The molecule has 0 radical (unpaired) electrons. The summed E-state index contributed by atoms with van der Waals surface area (Å²) in [5.41, 5.74) is 0.607. The average Bonchev–Trinajstić information content (AvgIpc) is 2.37. The maximum atomic E-state index is 9.06. The molecule has 0 aliphatic heterocycles. The molecule has 2 atom stereocenters. The van der Waals surface area contributed by atoms with E-state index in [1.54, 1.807) is 0 Å². The first-order chi connectivity index (χ1) is 9.65. The van der Waals surface area contributed by atoms with Gasteiger partial charge in [-0.3, -0.25) is 0 Å². The van der Waals surface area contributed by atoms with Gasteiger partial charge >= 0.3 is 0 Å². The van der Waals surface area contributed by atoms with E-state index in [1.165, 1.54) is 44.3 Å². The molecule has 4 rings (SSSR count). The zero-order valence-corrected chi connectivity index (χ0v) is 13.9. The summed E-state index contributed by atoms with van der Waals surface area (Å²) < 4.78 is 0. The van der Waals surface area contributed by atoms with Crippen molar-refractivity contribution in [1.29, 1.82) is 0 Å². The molecule has 2 N–H and O–H groups in total. The molecule has 0 saturated heterocycles. The molecule has 0 amide bonds. The molecule has 4 aliphatic rings. The molecule has 3 heteroatoms. The zero-order chi connectivity index (χ0) is 14.2. The summed E-state index contributed by atoms with van der Waals surface area (Å²) in [6.45, 7) is 2.59. The molecule has 4 aliphatic carbocycles. The maximum Gasteiger partial charge on any atom is 0.0441 e. The van der Waals surface area contributed by atoms with Crippen molar-refractivity contribution in [1.82, 2.24) is 5.32 Å². The van der Waals surface area contributed by atoms with E-state index in [9.17, 15) is 0 Å². The third kappa shape index (κ3) is 2.91. The predicted octanol–water partition coefficient (Wildman–Crippen LogP) is 3.29. The Kier molecular flexibility index (Phi) is 4.69. The van der Waals surface area contributed by atoms with Crippen LogP contribution in [0.25, 0.3) is 0 Å². The minimum absolute atomic E-state index is 0.329. The van der Waals surface area contributed by atoms with Gasteiger partial charge in [-0.15, -0.1) is 0 Å². The van der Waals surface area contributed by atoms with Gasteiger partial charge < -0.3 is 10.4 Å². The number of nitrogens with one attached hydrogen (secondary N) is 1. The Balaban J connectivity index is 1.63. The standard InChI is InChI=1S/C17H31NOS/c1-12(3-4-19)20-11-16(18-2)17-8-13-5-14(9-17)7-15(6-13)10-17/h12-16,18-19H,3-11H2,1-2H3. The van der Waals surface area contributed by atoms with E-state index in [-0.39, 0.29) is 0 Å². The van der Waals surface area contributed by atoms with E-state index >= 15 is 0 Å². The molecule has 4 bridgehead atoms. The number of thioether (sulfide) groups is 1. The first-order valence-electron chi connectivity index (χ1n) is 8.55. The summed E-state index contributed by atoms with van der Waals surface area (Å²) in [6.07, 6.45) is 9.98. The van der Waals surface area contributed by atoms with Gasteiger partial charge in [0.25, 0.3) is 0 Å². The molecule has 0 aromatic rings. The van der Waals surface area contributed by atoms with Crippen LogP contribution in [0.3, 0.4) is 0 Å². The lowest BCUT2D eigenvalue weighted by atomic mass is 9.48. The van der Waals surface area contributed by atoms with Gasteiger partial charge in [0.05, 0.1) is 0 Å². The monoisotopic (exact) mass is 297 g/mol. The number of aliphatic hydroxyl groups is 1. The molecule has 0 spiro atoms. The second-order valence-corrected chi connectivity index (χ2v) is 9.25. The van der Waals surface area contributed by atoms with Gasteiger partial charge in [-0.2, -0.15) is 11.8 Å². The Bertz CT molecular complexity index is 298. The molecule has 2 nitrogen and oxygen atoms in total. The van der Waals surface area contributed by atoms with Crippen molar-refractivity contribution >= 4 is 11.8 Å². The highest BCUT2D eigenvalue weighted by Crippen LogP contribution is 2.61. The van der Waals surface area contributed by atoms with Crippen molar-refractivity contribution in [3.63, 3.8) is 0 Å². The van der Waals surface area contributed by atoms with E-state index in [2.05, 4.69) is 31.1 Å². The summed E-state index contributed by atoms with van der Waals surface area (Å²) in [6, 6.07) is 0.682. The van der Waals surface area contributed by atoms with Gasteiger partial charge in [-0.1, -0.05) is 6.92 Å². The fourth-order valence-electron chi connectivity index (χ4n) is 5.70. The summed E-state index contributed by atoms with van der Waals surface area (Å²) in [5, 5.41) is 13.3. The Morgan fingerprint density at radius 3 is 2.15 bits per heavy atom. The topological polar surface area (TPSA) is 32.3 Å². The highest BCUT2D eigenvalue weighted by Gasteiger charge is 2.53.